The van der Waals surface area contributed by atoms with Gasteiger partial charge in [-0.15, -0.1) is 0 Å². The minimum atomic E-state index is -0.369. The van der Waals surface area contributed by atoms with Crippen LogP contribution in [0, 0.1) is 22.7 Å². The Morgan fingerprint density at radius 2 is 2.06 bits per heavy atom. The van der Waals surface area contributed by atoms with Crippen molar-refractivity contribution in [3.05, 3.63) is 35.8 Å². The van der Waals surface area contributed by atoms with Gasteiger partial charge in [-0.1, -0.05) is 31.9 Å². The Hall–Kier alpha value is -1.55. The molecule has 0 amide bonds. The second-order valence-electron chi connectivity index (χ2n) is 11.3. The third-order valence-electron chi connectivity index (χ3n) is 9.50. The zero-order valence-electron chi connectivity index (χ0n) is 20.8. The van der Waals surface area contributed by atoms with Crippen molar-refractivity contribution >= 4 is 5.97 Å². The van der Waals surface area contributed by atoms with Gasteiger partial charge in [0.15, 0.2) is 0 Å². The summed E-state index contributed by atoms with van der Waals surface area (Å²) in [5.41, 5.74) is 2.48. The highest BCUT2D eigenvalue weighted by Crippen LogP contribution is 2.62. The smallest absolute Gasteiger partial charge is 0.311 e. The second kappa shape index (κ2) is 9.37. The van der Waals surface area contributed by atoms with Gasteiger partial charge in [0.2, 0.25) is 0 Å². The van der Waals surface area contributed by atoms with Gasteiger partial charge < -0.3 is 9.15 Å². The summed E-state index contributed by atoms with van der Waals surface area (Å²) in [6.45, 7) is 13.5. The lowest BCUT2D eigenvalue weighted by atomic mass is 9.46. The van der Waals surface area contributed by atoms with E-state index in [1.54, 1.807) is 7.11 Å². The van der Waals surface area contributed by atoms with Crippen LogP contribution in [-0.2, 0) is 22.5 Å². The first-order chi connectivity index (χ1) is 15.3. The summed E-state index contributed by atoms with van der Waals surface area (Å²) >= 11 is 0. The van der Waals surface area contributed by atoms with Crippen molar-refractivity contribution < 1.29 is 13.9 Å². The first-order valence-corrected chi connectivity index (χ1v) is 12.8. The summed E-state index contributed by atoms with van der Waals surface area (Å²) < 4.78 is 11.3. The molecule has 0 spiro atoms. The van der Waals surface area contributed by atoms with Crippen molar-refractivity contribution in [3.63, 3.8) is 0 Å². The molecule has 2 saturated carbocycles. The fourth-order valence-corrected chi connectivity index (χ4v) is 7.57. The lowest BCUT2D eigenvalue weighted by Gasteiger charge is -2.57. The van der Waals surface area contributed by atoms with Gasteiger partial charge in [0.05, 0.1) is 25.3 Å². The van der Waals surface area contributed by atoms with E-state index in [0.717, 1.165) is 50.8 Å². The number of fused-ring (bicyclic) bond motifs is 1. The number of furan rings is 1. The van der Waals surface area contributed by atoms with E-state index in [4.69, 9.17) is 9.15 Å². The van der Waals surface area contributed by atoms with Crippen LogP contribution in [0.25, 0.3) is 0 Å². The van der Waals surface area contributed by atoms with Crippen LogP contribution in [0.5, 0.6) is 0 Å². The number of rotatable bonds is 6. The number of allylic oxidation sites excluding steroid dienone is 1. The third kappa shape index (κ3) is 4.20. The summed E-state index contributed by atoms with van der Waals surface area (Å²) in [6.07, 6.45) is 13.2. The Balaban J connectivity index is 1.49. The molecule has 2 heterocycles. The second-order valence-corrected chi connectivity index (χ2v) is 11.3. The summed E-state index contributed by atoms with van der Waals surface area (Å²) in [4.78, 5) is 15.4. The van der Waals surface area contributed by atoms with Gasteiger partial charge >= 0.3 is 5.97 Å². The number of methoxy groups -OCH3 is 1. The lowest BCUT2D eigenvalue weighted by Crippen LogP contribution is -2.53. The SMILES string of the molecule is C=C1CC[C@@H]2[C@](C)(CCC[C@]2(C)C(=O)OC)[C@H]1CCc1ccoc1CN1CCCC[C@H]1C. The van der Waals surface area contributed by atoms with E-state index in [1.807, 2.05) is 6.26 Å². The Kier molecular flexibility index (Phi) is 6.91. The maximum Gasteiger partial charge on any atom is 0.311 e. The topological polar surface area (TPSA) is 42.7 Å². The van der Waals surface area contributed by atoms with Crippen LogP contribution in [0.1, 0.15) is 89.9 Å². The molecule has 4 nitrogen and oxygen atoms in total. The first kappa shape index (κ1) is 23.6. The molecule has 4 heteroatoms. The minimum Gasteiger partial charge on any atom is -0.469 e. The number of carbonyl (C=O) groups excluding carboxylic acids is 1. The molecule has 2 aliphatic carbocycles. The quantitative estimate of drug-likeness (QED) is 0.371. The van der Waals surface area contributed by atoms with Crippen LogP contribution in [0.4, 0.5) is 0 Å². The van der Waals surface area contributed by atoms with E-state index in [1.165, 1.54) is 43.4 Å². The van der Waals surface area contributed by atoms with E-state index in [-0.39, 0.29) is 16.8 Å². The van der Waals surface area contributed by atoms with Gasteiger partial charge in [-0.25, -0.2) is 0 Å². The van der Waals surface area contributed by atoms with Gasteiger partial charge in [-0.05, 0) is 101 Å². The highest BCUT2D eigenvalue weighted by Gasteiger charge is 2.57. The Morgan fingerprint density at radius 1 is 1.25 bits per heavy atom. The number of piperidine rings is 1. The first-order valence-electron chi connectivity index (χ1n) is 12.8. The number of ether oxygens (including phenoxy) is 1. The van der Waals surface area contributed by atoms with Crippen molar-refractivity contribution in [3.8, 4) is 0 Å². The number of likely N-dealkylation sites (tertiary alicyclic amines) is 1. The van der Waals surface area contributed by atoms with Crippen molar-refractivity contribution in [2.75, 3.05) is 13.7 Å². The van der Waals surface area contributed by atoms with Crippen molar-refractivity contribution in [1.29, 1.82) is 0 Å². The monoisotopic (exact) mass is 441 g/mol. The molecule has 3 aliphatic rings. The zero-order chi connectivity index (χ0) is 22.9. The van der Waals surface area contributed by atoms with Crippen molar-refractivity contribution in [2.45, 2.75) is 97.6 Å². The van der Waals surface area contributed by atoms with E-state index in [2.05, 4.69) is 38.3 Å². The molecular formula is C28H43NO3. The Morgan fingerprint density at radius 3 is 2.81 bits per heavy atom. The third-order valence-corrected chi connectivity index (χ3v) is 9.50. The average Bonchev–Trinajstić information content (AvgIpc) is 3.21. The molecule has 5 atom stereocenters. The van der Waals surface area contributed by atoms with Crippen LogP contribution in [-0.4, -0.2) is 30.6 Å². The predicted octanol–water partition coefficient (Wildman–Crippen LogP) is 6.54. The largest absolute Gasteiger partial charge is 0.469 e. The Bertz CT molecular complexity index is 828. The van der Waals surface area contributed by atoms with E-state index in [0.29, 0.717) is 17.9 Å². The molecule has 32 heavy (non-hydrogen) atoms. The number of carbonyl (C=O) groups is 1. The van der Waals surface area contributed by atoms with E-state index < -0.39 is 0 Å². The van der Waals surface area contributed by atoms with Gasteiger partial charge in [-0.2, -0.15) is 0 Å². The predicted molar refractivity (Wildman–Crippen MR) is 128 cm³/mol. The molecule has 0 unspecified atom stereocenters. The maximum absolute atomic E-state index is 12.8. The van der Waals surface area contributed by atoms with Crippen molar-refractivity contribution in [1.82, 2.24) is 4.90 Å². The fourth-order valence-electron chi connectivity index (χ4n) is 7.57. The van der Waals surface area contributed by atoms with Crippen LogP contribution in [0.15, 0.2) is 28.9 Å². The van der Waals surface area contributed by atoms with Crippen LogP contribution >= 0.6 is 0 Å². The van der Waals surface area contributed by atoms with Crippen LogP contribution in [0.3, 0.4) is 0 Å². The normalized spacial score (nSPS) is 36.0. The average molecular weight is 442 g/mol. The fraction of sp³-hybridized carbons (Fsp3) is 0.750. The van der Waals surface area contributed by atoms with Gasteiger partial charge in [-0.3, -0.25) is 9.69 Å². The summed E-state index contributed by atoms with van der Waals surface area (Å²) in [6, 6.07) is 2.81. The molecule has 0 bridgehead atoms. The number of aryl methyl sites for hydroxylation is 1. The molecular weight excluding hydrogens is 398 g/mol. The molecule has 1 aromatic heterocycles. The standard InChI is InChI=1S/C28H43NO3/c1-20-10-13-25-27(3,15-8-16-28(25,4)26(30)31-5)23(20)12-11-22-14-18-32-24(22)19-29-17-7-6-9-21(29)2/h14,18,21,23,25H,1,6-13,15-17,19H2,2-5H3/t21-,23+,25-,27-,28+/m1/s1. The number of nitrogens with zero attached hydrogens (tertiary/aromatic N) is 1. The molecule has 3 fully saturated rings. The molecule has 0 aromatic carbocycles. The molecule has 178 valence electrons. The van der Waals surface area contributed by atoms with Gasteiger partial charge in [0.25, 0.3) is 0 Å². The van der Waals surface area contributed by atoms with Gasteiger partial charge in [0.1, 0.15) is 5.76 Å². The maximum atomic E-state index is 12.8. The molecule has 1 aromatic rings. The molecule has 1 saturated heterocycles. The molecule has 1 aliphatic heterocycles. The highest BCUT2D eigenvalue weighted by atomic mass is 16.5. The number of hydrogen-bond donors (Lipinski definition) is 0. The van der Waals surface area contributed by atoms with E-state index >= 15 is 0 Å². The Labute approximate surface area is 194 Å². The number of esters is 1. The van der Waals surface area contributed by atoms with Crippen LogP contribution < -0.4 is 0 Å². The summed E-state index contributed by atoms with van der Waals surface area (Å²) in [5.74, 6) is 1.93. The van der Waals surface area contributed by atoms with Crippen molar-refractivity contribution in [2.24, 2.45) is 22.7 Å². The van der Waals surface area contributed by atoms with Crippen LogP contribution in [0.2, 0.25) is 0 Å². The zero-order valence-corrected chi connectivity index (χ0v) is 20.8. The van der Waals surface area contributed by atoms with Gasteiger partial charge in [0, 0.05) is 6.04 Å². The molecule has 4 rings (SSSR count). The van der Waals surface area contributed by atoms with E-state index in [9.17, 15) is 4.79 Å². The lowest BCUT2D eigenvalue weighted by molar-refractivity contribution is -0.168. The minimum absolute atomic E-state index is 0.0209. The number of hydrogen-bond acceptors (Lipinski definition) is 4. The highest BCUT2D eigenvalue weighted by molar-refractivity contribution is 5.77. The summed E-state index contributed by atoms with van der Waals surface area (Å²) in [7, 11) is 1.54. The summed E-state index contributed by atoms with van der Waals surface area (Å²) in [5, 5.41) is 0. The molecule has 0 N–H and O–H groups in total. The molecule has 0 radical (unpaired) electrons.